The second kappa shape index (κ2) is 7.04. The van der Waals surface area contributed by atoms with Crippen LogP contribution in [0.2, 0.25) is 5.02 Å². The molecule has 3 aromatic rings. The molecule has 2 aromatic carbocycles. The van der Waals surface area contributed by atoms with Gasteiger partial charge in [0.25, 0.3) is 11.8 Å². The van der Waals surface area contributed by atoms with E-state index in [2.05, 4.69) is 5.32 Å². The fraction of sp³-hybridized carbons (Fsp3) is 0. The van der Waals surface area contributed by atoms with Crippen molar-refractivity contribution in [2.24, 2.45) is 5.73 Å². The van der Waals surface area contributed by atoms with Gasteiger partial charge >= 0.3 is 0 Å². The average molecular weight is 375 g/mol. The van der Waals surface area contributed by atoms with E-state index in [4.69, 9.17) is 17.3 Å². The highest BCUT2D eigenvalue weighted by Gasteiger charge is 2.21. The number of thiophene rings is 1. The number of nitrogens with one attached hydrogen (secondary N) is 1. The first-order chi connectivity index (χ1) is 12.0. The molecule has 1 heterocycles. The molecule has 4 nitrogen and oxygen atoms in total. The number of amides is 2. The molecule has 3 N–H and O–H groups in total. The summed E-state index contributed by atoms with van der Waals surface area (Å²) < 4.78 is 13.9. The zero-order chi connectivity index (χ0) is 18.0. The molecular formula is C18H12ClFN2O2S. The quantitative estimate of drug-likeness (QED) is 0.702. The molecule has 0 aliphatic carbocycles. The van der Waals surface area contributed by atoms with E-state index in [0.29, 0.717) is 0 Å². The van der Waals surface area contributed by atoms with E-state index in [0.717, 1.165) is 16.5 Å². The van der Waals surface area contributed by atoms with Gasteiger partial charge in [-0.3, -0.25) is 9.59 Å². The number of carbonyl (C=O) groups excluding carboxylic acids is 2. The van der Waals surface area contributed by atoms with Gasteiger partial charge in [-0.2, -0.15) is 0 Å². The summed E-state index contributed by atoms with van der Waals surface area (Å²) in [4.78, 5) is 24.8. The lowest BCUT2D eigenvalue weighted by Crippen LogP contribution is -2.17. The monoisotopic (exact) mass is 374 g/mol. The van der Waals surface area contributed by atoms with Crippen molar-refractivity contribution in [2.45, 2.75) is 0 Å². The second-order valence-electron chi connectivity index (χ2n) is 5.13. The molecule has 1 aromatic heterocycles. The maximum atomic E-state index is 13.9. The number of benzene rings is 2. The van der Waals surface area contributed by atoms with Gasteiger partial charge in [0.15, 0.2) is 0 Å². The van der Waals surface area contributed by atoms with Gasteiger partial charge in [0.05, 0.1) is 16.1 Å². The SMILES string of the molecule is NC(=O)c1cc(-c2ccccc2)sc1NC(=O)c1c(F)cccc1Cl. The maximum Gasteiger partial charge on any atom is 0.260 e. The summed E-state index contributed by atoms with van der Waals surface area (Å²) in [6, 6.07) is 14.9. The normalized spacial score (nSPS) is 10.5. The predicted octanol–water partition coefficient (Wildman–Crippen LogP) is 4.56. The van der Waals surface area contributed by atoms with Crippen molar-refractivity contribution < 1.29 is 14.0 Å². The molecule has 7 heteroatoms. The third-order valence-corrected chi connectivity index (χ3v) is 4.89. The summed E-state index contributed by atoms with van der Waals surface area (Å²) >= 11 is 7.08. The molecule has 0 aliphatic heterocycles. The lowest BCUT2D eigenvalue weighted by atomic mass is 10.1. The largest absolute Gasteiger partial charge is 0.366 e. The van der Waals surface area contributed by atoms with Crippen LogP contribution in [0.1, 0.15) is 20.7 Å². The van der Waals surface area contributed by atoms with Crippen LogP contribution in [0.4, 0.5) is 9.39 Å². The van der Waals surface area contributed by atoms with E-state index in [1.165, 1.54) is 23.5 Å². The summed E-state index contributed by atoms with van der Waals surface area (Å²) in [5, 5.41) is 2.76. The van der Waals surface area contributed by atoms with E-state index >= 15 is 0 Å². The fourth-order valence-electron chi connectivity index (χ4n) is 2.29. The molecule has 25 heavy (non-hydrogen) atoms. The number of hydrogen-bond acceptors (Lipinski definition) is 3. The van der Waals surface area contributed by atoms with Crippen LogP contribution in [0.3, 0.4) is 0 Å². The Morgan fingerprint density at radius 1 is 1.08 bits per heavy atom. The molecule has 3 rings (SSSR count). The van der Waals surface area contributed by atoms with Gasteiger partial charge in [-0.25, -0.2) is 4.39 Å². The first-order valence-electron chi connectivity index (χ1n) is 7.22. The van der Waals surface area contributed by atoms with Gasteiger partial charge in [-0.15, -0.1) is 11.3 Å². The Kier molecular flexibility index (Phi) is 4.83. The van der Waals surface area contributed by atoms with E-state index in [1.54, 1.807) is 6.07 Å². The lowest BCUT2D eigenvalue weighted by Gasteiger charge is -2.07. The van der Waals surface area contributed by atoms with Crippen molar-refractivity contribution >= 4 is 39.8 Å². The summed E-state index contributed by atoms with van der Waals surface area (Å²) in [7, 11) is 0. The molecule has 0 fully saturated rings. The summed E-state index contributed by atoms with van der Waals surface area (Å²) in [6.07, 6.45) is 0. The molecule has 0 saturated heterocycles. The summed E-state index contributed by atoms with van der Waals surface area (Å²) in [5.74, 6) is -2.18. The second-order valence-corrected chi connectivity index (χ2v) is 6.59. The lowest BCUT2D eigenvalue weighted by molar-refractivity contribution is 0.100. The van der Waals surface area contributed by atoms with Crippen LogP contribution in [0.25, 0.3) is 10.4 Å². The number of halogens is 2. The highest BCUT2D eigenvalue weighted by Crippen LogP contribution is 2.35. The van der Waals surface area contributed by atoms with Crippen LogP contribution in [0.15, 0.2) is 54.6 Å². The maximum absolute atomic E-state index is 13.9. The van der Waals surface area contributed by atoms with Gasteiger partial charge in [0.2, 0.25) is 0 Å². The van der Waals surface area contributed by atoms with E-state index < -0.39 is 17.6 Å². The highest BCUT2D eigenvalue weighted by atomic mass is 35.5. The van der Waals surface area contributed by atoms with Crippen LogP contribution < -0.4 is 11.1 Å². The van der Waals surface area contributed by atoms with Crippen molar-refractivity contribution in [3.8, 4) is 10.4 Å². The Morgan fingerprint density at radius 2 is 1.80 bits per heavy atom. The molecule has 0 atom stereocenters. The van der Waals surface area contributed by atoms with Crippen molar-refractivity contribution in [1.29, 1.82) is 0 Å². The van der Waals surface area contributed by atoms with Crippen LogP contribution in [0, 0.1) is 5.82 Å². The third-order valence-electron chi connectivity index (χ3n) is 3.47. The van der Waals surface area contributed by atoms with Crippen LogP contribution in [-0.2, 0) is 0 Å². The van der Waals surface area contributed by atoms with Gasteiger partial charge < -0.3 is 11.1 Å². The van der Waals surface area contributed by atoms with Crippen LogP contribution >= 0.6 is 22.9 Å². The number of carbonyl (C=O) groups is 2. The minimum Gasteiger partial charge on any atom is -0.366 e. The first-order valence-corrected chi connectivity index (χ1v) is 8.41. The summed E-state index contributed by atoms with van der Waals surface area (Å²) in [6.45, 7) is 0. The number of anilines is 1. The van der Waals surface area contributed by atoms with Crippen molar-refractivity contribution in [3.63, 3.8) is 0 Å². The van der Waals surface area contributed by atoms with Crippen LogP contribution in [0.5, 0.6) is 0 Å². The smallest absolute Gasteiger partial charge is 0.260 e. The molecule has 0 radical (unpaired) electrons. The average Bonchev–Trinajstić information content (AvgIpc) is 2.99. The van der Waals surface area contributed by atoms with Crippen LogP contribution in [-0.4, -0.2) is 11.8 Å². The highest BCUT2D eigenvalue weighted by molar-refractivity contribution is 7.20. The van der Waals surface area contributed by atoms with Gasteiger partial charge in [0.1, 0.15) is 10.8 Å². The van der Waals surface area contributed by atoms with E-state index in [9.17, 15) is 14.0 Å². The van der Waals surface area contributed by atoms with E-state index in [-0.39, 0.29) is 21.2 Å². The van der Waals surface area contributed by atoms with Gasteiger partial charge in [0, 0.05) is 4.88 Å². The molecular weight excluding hydrogens is 363 g/mol. The van der Waals surface area contributed by atoms with Gasteiger partial charge in [-0.1, -0.05) is 48.0 Å². The molecule has 0 aliphatic rings. The number of hydrogen-bond donors (Lipinski definition) is 2. The van der Waals surface area contributed by atoms with Crippen molar-refractivity contribution in [1.82, 2.24) is 0 Å². The van der Waals surface area contributed by atoms with Gasteiger partial charge in [-0.05, 0) is 23.8 Å². The Morgan fingerprint density at radius 3 is 2.44 bits per heavy atom. The minimum absolute atomic E-state index is 0.0158. The molecule has 0 bridgehead atoms. The van der Waals surface area contributed by atoms with Crippen molar-refractivity contribution in [3.05, 3.63) is 76.6 Å². The Bertz CT molecular complexity index is 937. The fourth-order valence-corrected chi connectivity index (χ4v) is 3.60. The zero-order valence-electron chi connectivity index (χ0n) is 12.8. The molecule has 126 valence electrons. The van der Waals surface area contributed by atoms with Crippen molar-refractivity contribution in [2.75, 3.05) is 5.32 Å². The molecule has 2 amide bonds. The Labute approximate surface area is 152 Å². The first kappa shape index (κ1) is 17.1. The Balaban J connectivity index is 1.98. The molecule has 0 saturated carbocycles. The van der Waals surface area contributed by atoms with E-state index in [1.807, 2.05) is 30.3 Å². The molecule has 0 spiro atoms. The predicted molar refractivity (Wildman–Crippen MR) is 97.6 cm³/mol. The number of rotatable bonds is 4. The summed E-state index contributed by atoms with van der Waals surface area (Å²) in [5.41, 5.74) is 6.14. The standard InChI is InChI=1S/C18H12ClFN2O2S/c19-12-7-4-8-13(20)15(12)17(24)22-18-11(16(21)23)9-14(25-18)10-5-2-1-3-6-10/h1-9H,(H2,21,23)(H,22,24). The third kappa shape index (κ3) is 3.55. The zero-order valence-corrected chi connectivity index (χ0v) is 14.3. The number of primary amides is 1. The Hall–Kier alpha value is -2.70. The number of nitrogens with two attached hydrogens (primary N) is 1. The minimum atomic E-state index is -0.745. The topological polar surface area (TPSA) is 72.2 Å². The molecule has 0 unspecified atom stereocenters.